The minimum absolute atomic E-state index is 0.0366. The zero-order valence-electron chi connectivity index (χ0n) is 15.8. The summed E-state index contributed by atoms with van der Waals surface area (Å²) in [6.07, 6.45) is 0. The van der Waals surface area contributed by atoms with E-state index in [4.69, 9.17) is 0 Å². The summed E-state index contributed by atoms with van der Waals surface area (Å²) in [6, 6.07) is 24.2. The van der Waals surface area contributed by atoms with Crippen LogP contribution in [0, 0.1) is 10.1 Å². The number of non-ortho nitro benzene ring substituents is 1. The Labute approximate surface area is 197 Å². The number of fused-ring (bicyclic) bond motifs is 7. The van der Waals surface area contributed by atoms with Gasteiger partial charge in [-0.15, -0.1) is 11.3 Å². The first-order valence-electron chi connectivity index (χ1n) is 9.52. The van der Waals surface area contributed by atoms with Crippen LogP contribution in [-0.4, -0.2) is 9.49 Å². The lowest BCUT2D eigenvalue weighted by atomic mass is 10.1. The SMILES string of the molecule is O=[N+]([O-])c1cc(Br)c(-n2c3ccccc3c3c4c(ccc32)sc2ccccc24)c(Br)c1. The molecule has 6 rings (SSSR count). The number of para-hydroxylation sites is 1. The maximum atomic E-state index is 11.3. The van der Waals surface area contributed by atoms with Gasteiger partial charge in [-0.25, -0.2) is 0 Å². The van der Waals surface area contributed by atoms with Crippen molar-refractivity contribution in [3.63, 3.8) is 0 Å². The molecule has 0 unspecified atom stereocenters. The minimum Gasteiger partial charge on any atom is -0.307 e. The van der Waals surface area contributed by atoms with Crippen molar-refractivity contribution in [2.24, 2.45) is 0 Å². The van der Waals surface area contributed by atoms with Gasteiger partial charge in [0.2, 0.25) is 0 Å². The molecule has 0 fully saturated rings. The third-order valence-electron chi connectivity index (χ3n) is 5.61. The van der Waals surface area contributed by atoms with E-state index in [2.05, 4.69) is 91.0 Å². The molecule has 4 nitrogen and oxygen atoms in total. The van der Waals surface area contributed by atoms with Crippen molar-refractivity contribution in [2.75, 3.05) is 0 Å². The van der Waals surface area contributed by atoms with Crippen LogP contribution in [0.25, 0.3) is 47.7 Å². The van der Waals surface area contributed by atoms with Crippen LogP contribution in [0.5, 0.6) is 0 Å². The molecular formula is C24H12Br2N2O2S. The lowest BCUT2D eigenvalue weighted by molar-refractivity contribution is -0.385. The van der Waals surface area contributed by atoms with Crippen LogP contribution in [0.4, 0.5) is 5.69 Å². The van der Waals surface area contributed by atoms with Crippen molar-refractivity contribution >= 4 is 90.9 Å². The maximum absolute atomic E-state index is 11.3. The van der Waals surface area contributed by atoms with E-state index in [9.17, 15) is 10.1 Å². The molecule has 150 valence electrons. The quantitative estimate of drug-likeness (QED) is 0.160. The standard InChI is InChI=1S/C24H12Br2N2O2S/c25-16-11-13(28(29)30)12-17(26)24(16)27-18-7-3-1-5-14(18)22-19(27)9-10-21-23(22)15-6-2-4-8-20(15)31-21/h1-12H. The number of hydrogen-bond acceptors (Lipinski definition) is 3. The van der Waals surface area contributed by atoms with Crippen molar-refractivity contribution in [3.8, 4) is 5.69 Å². The van der Waals surface area contributed by atoms with Gasteiger partial charge in [-0.05, 0) is 56.1 Å². The Morgan fingerprint density at radius 1 is 0.774 bits per heavy atom. The smallest absolute Gasteiger partial charge is 0.271 e. The molecule has 0 aliphatic rings. The van der Waals surface area contributed by atoms with Gasteiger partial charge in [0.25, 0.3) is 5.69 Å². The number of nitro groups is 1. The monoisotopic (exact) mass is 550 g/mol. The molecule has 0 spiro atoms. The summed E-state index contributed by atoms with van der Waals surface area (Å²) in [6.45, 7) is 0. The van der Waals surface area contributed by atoms with Crippen molar-refractivity contribution < 1.29 is 4.92 Å². The Morgan fingerprint density at radius 3 is 2.19 bits per heavy atom. The fourth-order valence-electron chi connectivity index (χ4n) is 4.39. The van der Waals surface area contributed by atoms with Gasteiger partial charge in [0.1, 0.15) is 0 Å². The van der Waals surface area contributed by atoms with E-state index in [-0.39, 0.29) is 10.6 Å². The fourth-order valence-corrected chi connectivity index (χ4v) is 7.02. The molecule has 0 radical (unpaired) electrons. The third-order valence-corrected chi connectivity index (χ3v) is 7.96. The molecule has 31 heavy (non-hydrogen) atoms. The summed E-state index contributed by atoms with van der Waals surface area (Å²) < 4.78 is 6.00. The summed E-state index contributed by atoms with van der Waals surface area (Å²) in [5.41, 5.74) is 2.99. The number of benzene rings is 4. The topological polar surface area (TPSA) is 48.1 Å². The second-order valence-electron chi connectivity index (χ2n) is 7.30. The minimum atomic E-state index is -0.383. The van der Waals surface area contributed by atoms with E-state index in [1.54, 1.807) is 23.5 Å². The number of rotatable bonds is 2. The first kappa shape index (κ1) is 19.0. The van der Waals surface area contributed by atoms with Gasteiger partial charge < -0.3 is 4.57 Å². The van der Waals surface area contributed by atoms with Gasteiger partial charge in [-0.2, -0.15) is 0 Å². The Balaban J connectivity index is 1.84. The molecular weight excluding hydrogens is 540 g/mol. The summed E-state index contributed by atoms with van der Waals surface area (Å²) in [7, 11) is 0. The lowest BCUT2D eigenvalue weighted by Gasteiger charge is -2.12. The van der Waals surface area contributed by atoms with Crippen LogP contribution in [-0.2, 0) is 0 Å². The van der Waals surface area contributed by atoms with Gasteiger partial charge in [-0.1, -0.05) is 36.4 Å². The molecule has 0 atom stereocenters. The van der Waals surface area contributed by atoms with Gasteiger partial charge in [0, 0.05) is 52.0 Å². The van der Waals surface area contributed by atoms with Gasteiger partial charge >= 0.3 is 0 Å². The normalized spacial score (nSPS) is 11.8. The van der Waals surface area contributed by atoms with Crippen LogP contribution in [0.1, 0.15) is 0 Å². The van der Waals surface area contributed by atoms with Gasteiger partial charge in [0.05, 0.1) is 21.6 Å². The lowest BCUT2D eigenvalue weighted by Crippen LogP contribution is -1.98. The zero-order valence-corrected chi connectivity index (χ0v) is 19.8. The number of hydrogen-bond donors (Lipinski definition) is 0. The second kappa shape index (κ2) is 6.88. The summed E-state index contributed by atoms with van der Waals surface area (Å²) in [5, 5.41) is 16.2. The Bertz CT molecular complexity index is 1680. The van der Waals surface area contributed by atoms with Crippen LogP contribution in [0.2, 0.25) is 0 Å². The maximum Gasteiger partial charge on any atom is 0.271 e. The summed E-state index contributed by atoms with van der Waals surface area (Å²) in [5.74, 6) is 0. The Morgan fingerprint density at radius 2 is 1.45 bits per heavy atom. The molecule has 7 heteroatoms. The van der Waals surface area contributed by atoms with Crippen LogP contribution >= 0.6 is 43.2 Å². The molecule has 0 saturated heterocycles. The van der Waals surface area contributed by atoms with E-state index in [1.807, 2.05) is 6.07 Å². The summed E-state index contributed by atoms with van der Waals surface area (Å²) >= 11 is 8.97. The molecule has 0 aliphatic carbocycles. The highest BCUT2D eigenvalue weighted by molar-refractivity contribution is 9.11. The zero-order chi connectivity index (χ0) is 21.3. The van der Waals surface area contributed by atoms with E-state index >= 15 is 0 Å². The molecule has 6 aromatic rings. The van der Waals surface area contributed by atoms with Crippen LogP contribution < -0.4 is 0 Å². The predicted molar refractivity (Wildman–Crippen MR) is 136 cm³/mol. The summed E-state index contributed by atoms with van der Waals surface area (Å²) in [4.78, 5) is 10.9. The van der Waals surface area contributed by atoms with Gasteiger partial charge in [-0.3, -0.25) is 10.1 Å². The third kappa shape index (κ3) is 2.70. The van der Waals surface area contributed by atoms with E-state index in [0.29, 0.717) is 8.95 Å². The highest BCUT2D eigenvalue weighted by Crippen LogP contribution is 2.45. The van der Waals surface area contributed by atoms with Crippen LogP contribution in [0.15, 0.2) is 81.7 Å². The van der Waals surface area contributed by atoms with E-state index in [0.717, 1.165) is 22.1 Å². The fraction of sp³-hybridized carbons (Fsp3) is 0. The molecule has 0 saturated carbocycles. The average Bonchev–Trinajstić information content (AvgIpc) is 3.29. The highest BCUT2D eigenvalue weighted by atomic mass is 79.9. The number of nitrogens with zero attached hydrogens (tertiary/aromatic N) is 2. The van der Waals surface area contributed by atoms with Crippen LogP contribution in [0.3, 0.4) is 0 Å². The predicted octanol–water partition coefficient (Wildman–Crippen LogP) is 8.58. The van der Waals surface area contributed by atoms with E-state index < -0.39 is 0 Å². The van der Waals surface area contributed by atoms with Gasteiger partial charge in [0.15, 0.2) is 0 Å². The molecule has 0 aliphatic heterocycles. The van der Waals surface area contributed by atoms with Crippen molar-refractivity contribution in [1.29, 1.82) is 0 Å². The first-order valence-corrected chi connectivity index (χ1v) is 11.9. The Kier molecular flexibility index (Phi) is 4.21. The number of nitro benzene ring substituents is 1. The Hall–Kier alpha value is -2.74. The largest absolute Gasteiger partial charge is 0.307 e. The first-order chi connectivity index (χ1) is 15.0. The number of thiophene rings is 1. The molecule has 0 N–H and O–H groups in total. The van der Waals surface area contributed by atoms with Crippen molar-refractivity contribution in [3.05, 3.63) is 91.9 Å². The second-order valence-corrected chi connectivity index (χ2v) is 10.1. The van der Waals surface area contributed by atoms with Crippen molar-refractivity contribution in [2.45, 2.75) is 0 Å². The molecule has 2 heterocycles. The van der Waals surface area contributed by atoms with E-state index in [1.165, 1.54) is 25.6 Å². The molecule has 0 bridgehead atoms. The van der Waals surface area contributed by atoms with Crippen molar-refractivity contribution in [1.82, 2.24) is 4.57 Å². The number of halogens is 2. The molecule has 2 aromatic heterocycles. The number of aromatic nitrogens is 1. The molecule has 4 aromatic carbocycles. The average molecular weight is 552 g/mol. The highest BCUT2D eigenvalue weighted by Gasteiger charge is 2.22. The molecule has 0 amide bonds.